The molecule has 6 heteroatoms. The molecule has 0 radical (unpaired) electrons. The zero-order valence-electron chi connectivity index (χ0n) is 13.9. The summed E-state index contributed by atoms with van der Waals surface area (Å²) in [5.74, 6) is 0.0626. The van der Waals surface area contributed by atoms with Crippen molar-refractivity contribution >= 4 is 5.91 Å². The molecule has 0 spiro atoms. The largest absolute Gasteiger partial charge is 0.467 e. The van der Waals surface area contributed by atoms with E-state index in [0.717, 1.165) is 5.56 Å². The molecule has 3 aromatic rings. The van der Waals surface area contributed by atoms with E-state index in [0.29, 0.717) is 17.9 Å². The smallest absolute Gasteiger partial charge is 0.272 e. The van der Waals surface area contributed by atoms with Gasteiger partial charge in [0.05, 0.1) is 18.4 Å². The molecule has 0 saturated carbocycles. The molecule has 1 atom stereocenters. The number of nitriles is 1. The van der Waals surface area contributed by atoms with Crippen LogP contribution in [0.1, 0.15) is 33.5 Å². The first-order valence-corrected chi connectivity index (χ1v) is 8.08. The summed E-state index contributed by atoms with van der Waals surface area (Å²) in [4.78, 5) is 18.5. The second-order valence-electron chi connectivity index (χ2n) is 5.75. The third-order valence-electron chi connectivity index (χ3n) is 3.88. The van der Waals surface area contributed by atoms with Gasteiger partial charge in [-0.2, -0.15) is 5.26 Å². The molecule has 3 rings (SSSR count). The van der Waals surface area contributed by atoms with E-state index < -0.39 is 6.10 Å². The fraction of sp³-hybridized carbons (Fsp3) is 0.150. The third kappa shape index (κ3) is 4.15. The number of benzene rings is 1. The predicted molar refractivity (Wildman–Crippen MR) is 93.8 cm³/mol. The standard InChI is InChI=1S/C20H17N3O3/c21-11-16-8-9-17(22-12-16)20(25)23(13-15-5-2-1-3-6-15)14-18(24)19-7-4-10-26-19/h1-10,12,18,24H,13-14H2. The van der Waals surface area contributed by atoms with Gasteiger partial charge < -0.3 is 14.4 Å². The van der Waals surface area contributed by atoms with Crippen LogP contribution >= 0.6 is 0 Å². The molecule has 26 heavy (non-hydrogen) atoms. The Morgan fingerprint density at radius 3 is 2.62 bits per heavy atom. The van der Waals surface area contributed by atoms with Crippen LogP contribution in [0, 0.1) is 11.3 Å². The summed E-state index contributed by atoms with van der Waals surface area (Å²) in [6, 6.07) is 17.9. The van der Waals surface area contributed by atoms with Gasteiger partial charge in [0.2, 0.25) is 0 Å². The summed E-state index contributed by atoms with van der Waals surface area (Å²) in [7, 11) is 0. The zero-order valence-corrected chi connectivity index (χ0v) is 13.9. The van der Waals surface area contributed by atoms with Crippen molar-refractivity contribution in [3.63, 3.8) is 0 Å². The molecule has 0 aliphatic carbocycles. The molecule has 1 N–H and O–H groups in total. The molecule has 1 aromatic carbocycles. The van der Waals surface area contributed by atoms with Crippen LogP contribution in [0.5, 0.6) is 0 Å². The number of hydrogen-bond acceptors (Lipinski definition) is 5. The number of aliphatic hydroxyl groups is 1. The minimum Gasteiger partial charge on any atom is -0.467 e. The second kappa shape index (κ2) is 8.10. The molecule has 0 aliphatic heterocycles. The number of aliphatic hydroxyl groups excluding tert-OH is 1. The normalized spacial score (nSPS) is 11.5. The van der Waals surface area contributed by atoms with Crippen molar-refractivity contribution in [2.45, 2.75) is 12.6 Å². The van der Waals surface area contributed by atoms with Crippen molar-refractivity contribution in [3.05, 3.63) is 89.6 Å². The minimum atomic E-state index is -0.948. The molecule has 2 aromatic heterocycles. The van der Waals surface area contributed by atoms with Crippen molar-refractivity contribution in [1.82, 2.24) is 9.88 Å². The Morgan fingerprint density at radius 2 is 2.00 bits per heavy atom. The first kappa shape index (κ1) is 17.4. The first-order chi connectivity index (χ1) is 12.7. The summed E-state index contributed by atoms with van der Waals surface area (Å²) in [6.07, 6.45) is 1.89. The van der Waals surface area contributed by atoms with Crippen molar-refractivity contribution < 1.29 is 14.3 Å². The fourth-order valence-electron chi connectivity index (χ4n) is 2.55. The average molecular weight is 347 g/mol. The predicted octanol–water partition coefficient (Wildman–Crippen LogP) is 2.92. The van der Waals surface area contributed by atoms with Crippen LogP contribution < -0.4 is 0 Å². The monoisotopic (exact) mass is 347 g/mol. The quantitative estimate of drug-likeness (QED) is 0.740. The van der Waals surface area contributed by atoms with Gasteiger partial charge in [0.1, 0.15) is 23.6 Å². The van der Waals surface area contributed by atoms with Gasteiger partial charge in [0.15, 0.2) is 0 Å². The SMILES string of the molecule is N#Cc1ccc(C(=O)N(Cc2ccccc2)CC(O)c2ccco2)nc1. The van der Waals surface area contributed by atoms with E-state index in [1.54, 1.807) is 18.2 Å². The molecule has 6 nitrogen and oxygen atoms in total. The van der Waals surface area contributed by atoms with E-state index in [2.05, 4.69) is 4.98 Å². The number of amides is 1. The van der Waals surface area contributed by atoms with Gasteiger partial charge in [0.25, 0.3) is 5.91 Å². The van der Waals surface area contributed by atoms with Gasteiger partial charge in [-0.1, -0.05) is 30.3 Å². The molecule has 0 fully saturated rings. The highest BCUT2D eigenvalue weighted by Crippen LogP contribution is 2.18. The van der Waals surface area contributed by atoms with Crippen LogP contribution in [0.15, 0.2) is 71.5 Å². The van der Waals surface area contributed by atoms with Crippen molar-refractivity contribution in [1.29, 1.82) is 5.26 Å². The van der Waals surface area contributed by atoms with Crippen molar-refractivity contribution in [3.8, 4) is 6.07 Å². The molecular weight excluding hydrogens is 330 g/mol. The van der Waals surface area contributed by atoms with E-state index in [1.165, 1.54) is 23.4 Å². The number of rotatable bonds is 6. The number of aromatic nitrogens is 1. The second-order valence-corrected chi connectivity index (χ2v) is 5.75. The summed E-state index contributed by atoms with van der Waals surface area (Å²) in [5.41, 5.74) is 1.53. The Balaban J connectivity index is 1.83. The van der Waals surface area contributed by atoms with E-state index in [-0.39, 0.29) is 18.1 Å². The Morgan fingerprint density at radius 1 is 1.19 bits per heavy atom. The number of carbonyl (C=O) groups is 1. The van der Waals surface area contributed by atoms with Gasteiger partial charge in [-0.3, -0.25) is 4.79 Å². The van der Waals surface area contributed by atoms with Gasteiger partial charge in [0, 0.05) is 12.7 Å². The lowest BCUT2D eigenvalue weighted by Crippen LogP contribution is -2.34. The molecule has 0 saturated heterocycles. The molecule has 130 valence electrons. The van der Waals surface area contributed by atoms with E-state index in [1.807, 2.05) is 36.4 Å². The summed E-state index contributed by atoms with van der Waals surface area (Å²) >= 11 is 0. The molecule has 1 unspecified atom stereocenters. The van der Waals surface area contributed by atoms with Gasteiger partial charge >= 0.3 is 0 Å². The van der Waals surface area contributed by atoms with Crippen LogP contribution in [0.2, 0.25) is 0 Å². The van der Waals surface area contributed by atoms with Gasteiger partial charge in [-0.15, -0.1) is 0 Å². The Labute approximate surface area is 150 Å². The summed E-state index contributed by atoms with van der Waals surface area (Å²) < 4.78 is 5.22. The Bertz CT molecular complexity index is 884. The van der Waals surface area contributed by atoms with Gasteiger partial charge in [-0.05, 0) is 29.8 Å². The van der Waals surface area contributed by atoms with Crippen LogP contribution in [-0.2, 0) is 6.54 Å². The van der Waals surface area contributed by atoms with Crippen molar-refractivity contribution in [2.24, 2.45) is 0 Å². The minimum absolute atomic E-state index is 0.0585. The summed E-state index contributed by atoms with van der Waals surface area (Å²) in [6.45, 7) is 0.377. The third-order valence-corrected chi connectivity index (χ3v) is 3.88. The number of hydrogen-bond donors (Lipinski definition) is 1. The number of carbonyl (C=O) groups excluding carboxylic acids is 1. The zero-order chi connectivity index (χ0) is 18.4. The Hall–Kier alpha value is -3.43. The average Bonchev–Trinajstić information content (AvgIpc) is 3.23. The maximum Gasteiger partial charge on any atom is 0.272 e. The van der Waals surface area contributed by atoms with Crippen LogP contribution in [-0.4, -0.2) is 27.4 Å². The first-order valence-electron chi connectivity index (χ1n) is 8.08. The number of pyridine rings is 1. The highest BCUT2D eigenvalue weighted by Gasteiger charge is 2.22. The Kier molecular flexibility index (Phi) is 5.42. The lowest BCUT2D eigenvalue weighted by molar-refractivity contribution is 0.0558. The van der Waals surface area contributed by atoms with Crippen LogP contribution in [0.25, 0.3) is 0 Å². The summed E-state index contributed by atoms with van der Waals surface area (Å²) in [5, 5.41) is 19.3. The van der Waals surface area contributed by atoms with Crippen LogP contribution in [0.4, 0.5) is 0 Å². The van der Waals surface area contributed by atoms with Crippen LogP contribution in [0.3, 0.4) is 0 Å². The fourth-order valence-corrected chi connectivity index (χ4v) is 2.55. The molecular formula is C20H17N3O3. The lowest BCUT2D eigenvalue weighted by atomic mass is 10.1. The lowest BCUT2D eigenvalue weighted by Gasteiger charge is -2.24. The maximum atomic E-state index is 12.9. The van der Waals surface area contributed by atoms with E-state index >= 15 is 0 Å². The topological polar surface area (TPSA) is 90.4 Å². The van der Waals surface area contributed by atoms with E-state index in [9.17, 15) is 9.90 Å². The number of furan rings is 1. The highest BCUT2D eigenvalue weighted by molar-refractivity contribution is 5.92. The van der Waals surface area contributed by atoms with Gasteiger partial charge in [-0.25, -0.2) is 4.98 Å². The van der Waals surface area contributed by atoms with Crippen molar-refractivity contribution in [2.75, 3.05) is 6.54 Å². The number of nitrogens with zero attached hydrogens (tertiary/aromatic N) is 3. The highest BCUT2D eigenvalue weighted by atomic mass is 16.4. The molecule has 1 amide bonds. The molecule has 2 heterocycles. The van der Waals surface area contributed by atoms with E-state index in [4.69, 9.17) is 9.68 Å². The molecule has 0 aliphatic rings. The maximum absolute atomic E-state index is 12.9. The molecule has 0 bridgehead atoms.